The van der Waals surface area contributed by atoms with Gasteiger partial charge in [0.2, 0.25) is 11.8 Å². The van der Waals surface area contributed by atoms with Crippen LogP contribution in [0.4, 0.5) is 13.2 Å². The second-order valence-corrected chi connectivity index (χ2v) is 5.49. The van der Waals surface area contributed by atoms with Crippen LogP contribution >= 0.6 is 12.4 Å². The van der Waals surface area contributed by atoms with Crippen molar-refractivity contribution in [2.75, 3.05) is 6.61 Å². The Hall–Kier alpha value is -0.900. The smallest absolute Gasteiger partial charge is 0.422 e. The van der Waals surface area contributed by atoms with E-state index in [9.17, 15) is 13.2 Å². The third-order valence-corrected chi connectivity index (χ3v) is 3.79. The van der Waals surface area contributed by atoms with Crippen LogP contribution in [0.2, 0.25) is 0 Å². The van der Waals surface area contributed by atoms with Gasteiger partial charge in [-0.2, -0.15) is 0 Å². The van der Waals surface area contributed by atoms with Crippen LogP contribution in [0.1, 0.15) is 49.5 Å². The fraction of sp³-hybridized carbons (Fsp3) is 0.833. The van der Waals surface area contributed by atoms with Crippen molar-refractivity contribution >= 4 is 12.4 Å². The van der Waals surface area contributed by atoms with Gasteiger partial charge in [0, 0.05) is 12.0 Å². The van der Waals surface area contributed by atoms with Gasteiger partial charge in [-0.05, 0) is 25.7 Å². The van der Waals surface area contributed by atoms with Crippen LogP contribution in [0, 0.1) is 0 Å². The monoisotopic (exact) mass is 343 g/mol. The van der Waals surface area contributed by atoms with E-state index in [0.717, 1.165) is 6.42 Å². The van der Waals surface area contributed by atoms with Crippen LogP contribution in [0.3, 0.4) is 0 Å². The summed E-state index contributed by atoms with van der Waals surface area (Å²) in [7, 11) is 0. The number of alkyl halides is 3. The average Bonchev–Trinajstić information content (AvgIpc) is 2.82. The molecule has 1 saturated heterocycles. The molecule has 0 aromatic carbocycles. The van der Waals surface area contributed by atoms with Crippen LogP contribution < -0.4 is 5.73 Å². The number of ether oxygens (including phenoxy) is 2. The summed E-state index contributed by atoms with van der Waals surface area (Å²) in [6.07, 6.45) is -3.71. The molecule has 1 saturated carbocycles. The molecule has 0 radical (unpaired) electrons. The van der Waals surface area contributed by atoms with Crippen molar-refractivity contribution in [3.8, 4) is 0 Å². The minimum Gasteiger partial charge on any atom is -0.422 e. The van der Waals surface area contributed by atoms with Crippen molar-refractivity contribution in [3.63, 3.8) is 0 Å². The molecule has 2 aliphatic rings. The van der Waals surface area contributed by atoms with E-state index < -0.39 is 12.5 Å². The fourth-order valence-corrected chi connectivity index (χ4v) is 2.56. The largest absolute Gasteiger partial charge is 0.522 e. The lowest BCUT2D eigenvalue weighted by molar-refractivity contribution is -0.352. The second-order valence-electron chi connectivity index (χ2n) is 5.49. The SMILES string of the molecule is Cl.N[C@@H]1CC[C@@H](c2nnc(C3CC(OC(F)(F)F)C3)o2)OC1. The number of hydrogen-bond acceptors (Lipinski definition) is 6. The molecular formula is C12H17ClF3N3O3. The molecule has 6 nitrogen and oxygen atoms in total. The number of nitrogens with two attached hydrogens (primary N) is 1. The van der Waals surface area contributed by atoms with Crippen molar-refractivity contribution in [2.24, 2.45) is 5.73 Å². The van der Waals surface area contributed by atoms with Gasteiger partial charge in [0.25, 0.3) is 0 Å². The average molecular weight is 344 g/mol. The first kappa shape index (κ1) is 17.5. The summed E-state index contributed by atoms with van der Waals surface area (Å²) in [5, 5.41) is 7.82. The van der Waals surface area contributed by atoms with Gasteiger partial charge in [-0.1, -0.05) is 0 Å². The molecule has 1 aromatic rings. The Kier molecular flexibility index (Phi) is 5.31. The van der Waals surface area contributed by atoms with E-state index in [1.807, 2.05) is 0 Å². The zero-order valence-electron chi connectivity index (χ0n) is 11.6. The zero-order chi connectivity index (χ0) is 15.0. The summed E-state index contributed by atoms with van der Waals surface area (Å²) in [5.41, 5.74) is 5.73. The molecule has 126 valence electrons. The molecule has 0 unspecified atom stereocenters. The van der Waals surface area contributed by atoms with E-state index in [4.69, 9.17) is 14.9 Å². The quantitative estimate of drug-likeness (QED) is 0.907. The van der Waals surface area contributed by atoms with Crippen molar-refractivity contribution in [3.05, 3.63) is 11.8 Å². The molecule has 2 atom stereocenters. The van der Waals surface area contributed by atoms with E-state index >= 15 is 0 Å². The molecule has 0 bridgehead atoms. The Morgan fingerprint density at radius 3 is 2.41 bits per heavy atom. The predicted molar refractivity (Wildman–Crippen MR) is 70.4 cm³/mol. The van der Waals surface area contributed by atoms with Crippen LogP contribution in [0.25, 0.3) is 0 Å². The first-order valence-corrected chi connectivity index (χ1v) is 6.86. The highest BCUT2D eigenvalue weighted by atomic mass is 35.5. The van der Waals surface area contributed by atoms with E-state index in [1.165, 1.54) is 0 Å². The lowest BCUT2D eigenvalue weighted by atomic mass is 9.82. The van der Waals surface area contributed by atoms with Crippen molar-refractivity contribution in [2.45, 2.75) is 56.2 Å². The standard InChI is InChI=1S/C12H16F3N3O3.ClH/c13-12(14,15)21-8-3-6(4-8)10-17-18-11(20-10)9-2-1-7(16)5-19-9;/h6-9H,1-5,16H2;1H/t6?,7-,8?,9+;/m1./s1. The summed E-state index contributed by atoms with van der Waals surface area (Å²) in [4.78, 5) is 0. The Balaban J connectivity index is 0.00000176. The van der Waals surface area contributed by atoms with E-state index in [2.05, 4.69) is 14.9 Å². The number of hydrogen-bond donors (Lipinski definition) is 1. The highest BCUT2D eigenvalue weighted by Gasteiger charge is 2.42. The Bertz CT molecular complexity index is 485. The maximum Gasteiger partial charge on any atom is 0.522 e. The van der Waals surface area contributed by atoms with E-state index in [0.29, 0.717) is 24.8 Å². The minimum atomic E-state index is -4.59. The predicted octanol–water partition coefficient (Wildman–Crippen LogP) is 2.45. The van der Waals surface area contributed by atoms with Crippen molar-refractivity contribution in [1.29, 1.82) is 0 Å². The maximum absolute atomic E-state index is 12.0. The van der Waals surface area contributed by atoms with Crippen LogP contribution in [-0.2, 0) is 9.47 Å². The first-order chi connectivity index (χ1) is 9.90. The van der Waals surface area contributed by atoms with Gasteiger partial charge in [-0.25, -0.2) is 0 Å². The molecule has 3 rings (SSSR count). The van der Waals surface area contributed by atoms with Crippen LogP contribution in [-0.4, -0.2) is 35.3 Å². The Morgan fingerprint density at radius 1 is 1.14 bits per heavy atom. The van der Waals surface area contributed by atoms with Crippen LogP contribution in [0.15, 0.2) is 4.42 Å². The van der Waals surface area contributed by atoms with Gasteiger partial charge < -0.3 is 14.9 Å². The summed E-state index contributed by atoms with van der Waals surface area (Å²) < 4.78 is 51.1. The molecule has 22 heavy (non-hydrogen) atoms. The highest BCUT2D eigenvalue weighted by Crippen LogP contribution is 2.41. The Morgan fingerprint density at radius 2 is 1.82 bits per heavy atom. The third kappa shape index (κ3) is 4.09. The van der Waals surface area contributed by atoms with E-state index in [1.54, 1.807) is 0 Å². The fourth-order valence-electron chi connectivity index (χ4n) is 2.56. The lowest BCUT2D eigenvalue weighted by Gasteiger charge is -2.32. The molecule has 0 amide bonds. The molecule has 2 fully saturated rings. The van der Waals surface area contributed by atoms with Gasteiger partial charge in [0.1, 0.15) is 6.10 Å². The van der Waals surface area contributed by atoms with Crippen molar-refractivity contribution < 1.29 is 27.1 Å². The summed E-state index contributed by atoms with van der Waals surface area (Å²) >= 11 is 0. The van der Waals surface area contributed by atoms with Gasteiger partial charge >= 0.3 is 6.36 Å². The number of rotatable bonds is 3. The molecule has 10 heteroatoms. The molecule has 0 spiro atoms. The third-order valence-electron chi connectivity index (χ3n) is 3.79. The Labute approximate surface area is 130 Å². The minimum absolute atomic E-state index is 0. The summed E-state index contributed by atoms with van der Waals surface area (Å²) in [5.74, 6) is 0.548. The zero-order valence-corrected chi connectivity index (χ0v) is 12.4. The topological polar surface area (TPSA) is 83.4 Å². The first-order valence-electron chi connectivity index (χ1n) is 6.86. The molecule has 2 N–H and O–H groups in total. The molecule has 1 aliphatic carbocycles. The number of halogens is 4. The maximum atomic E-state index is 12.0. The molecule has 1 aliphatic heterocycles. The van der Waals surface area contributed by atoms with Crippen molar-refractivity contribution in [1.82, 2.24) is 10.2 Å². The second kappa shape index (κ2) is 6.69. The summed E-state index contributed by atoms with van der Waals surface area (Å²) in [6.45, 7) is 0.438. The van der Waals surface area contributed by atoms with Gasteiger partial charge in [-0.3, -0.25) is 4.74 Å². The van der Waals surface area contributed by atoms with Gasteiger partial charge in [-0.15, -0.1) is 35.8 Å². The molecule has 2 heterocycles. The number of nitrogens with zero attached hydrogens (tertiary/aromatic N) is 2. The molecule has 1 aromatic heterocycles. The summed E-state index contributed by atoms with van der Waals surface area (Å²) in [6, 6.07) is 0.0237. The van der Waals surface area contributed by atoms with Gasteiger partial charge in [0.15, 0.2) is 0 Å². The lowest BCUT2D eigenvalue weighted by Crippen LogP contribution is -2.34. The van der Waals surface area contributed by atoms with E-state index in [-0.39, 0.29) is 43.3 Å². The number of aromatic nitrogens is 2. The van der Waals surface area contributed by atoms with Crippen LogP contribution in [0.5, 0.6) is 0 Å². The highest BCUT2D eigenvalue weighted by molar-refractivity contribution is 5.85. The molecular weight excluding hydrogens is 327 g/mol. The van der Waals surface area contributed by atoms with Gasteiger partial charge in [0.05, 0.1) is 12.7 Å². The normalized spacial score (nSPS) is 32.2.